The Morgan fingerprint density at radius 3 is 2.58 bits per heavy atom. The van der Waals surface area contributed by atoms with Crippen molar-refractivity contribution in [2.75, 3.05) is 11.1 Å². The van der Waals surface area contributed by atoms with Gasteiger partial charge in [0.15, 0.2) is 11.0 Å². The molecule has 0 unspecified atom stereocenters. The number of thioether (sulfide) groups is 1. The van der Waals surface area contributed by atoms with Gasteiger partial charge in [-0.25, -0.2) is 0 Å². The number of anilines is 1. The summed E-state index contributed by atoms with van der Waals surface area (Å²) >= 11 is 16.5. The molecule has 0 bridgehead atoms. The van der Waals surface area contributed by atoms with Gasteiger partial charge in [0.05, 0.1) is 32.0 Å². The first-order valence-corrected chi connectivity index (χ1v) is 11.2. The summed E-state index contributed by atoms with van der Waals surface area (Å²) < 4.78 is 2.54. The summed E-state index contributed by atoms with van der Waals surface area (Å²) in [5.41, 5.74) is 0.322. The van der Waals surface area contributed by atoms with Crippen LogP contribution < -0.4 is 5.32 Å². The summed E-state index contributed by atoms with van der Waals surface area (Å²) in [6.07, 6.45) is 0. The first kappa shape index (κ1) is 23.3. The van der Waals surface area contributed by atoms with Gasteiger partial charge in [0, 0.05) is 23.2 Å². The standard InChI is InChI=1S/C18H14BrCl2N5O4S/c1-2-25-17(11-5-9(19)3-4-14(11)27)23-24-18(25)31-8-15(28)22-16-12(20)6-10(26(29)30)7-13(16)21/h3-7,27H,2,8H2,1H3,(H,22,28). The van der Waals surface area contributed by atoms with Crippen LogP contribution in [-0.4, -0.2) is 36.5 Å². The van der Waals surface area contributed by atoms with Crippen LogP contribution >= 0.6 is 50.9 Å². The fourth-order valence-electron chi connectivity index (χ4n) is 2.66. The third-order valence-corrected chi connectivity index (χ3v) is 6.12. The molecule has 0 aliphatic heterocycles. The molecule has 1 heterocycles. The molecule has 9 nitrogen and oxygen atoms in total. The van der Waals surface area contributed by atoms with Gasteiger partial charge in [-0.2, -0.15) is 0 Å². The van der Waals surface area contributed by atoms with Crippen LogP contribution in [0.2, 0.25) is 10.0 Å². The van der Waals surface area contributed by atoms with Crippen LogP contribution in [0.3, 0.4) is 0 Å². The fraction of sp³-hybridized carbons (Fsp3) is 0.167. The molecule has 3 rings (SSSR count). The number of nitro groups is 1. The number of non-ortho nitro benzene ring substituents is 1. The predicted octanol–water partition coefficient (Wildman–Crippen LogP) is 5.38. The summed E-state index contributed by atoms with van der Waals surface area (Å²) in [4.78, 5) is 22.6. The largest absolute Gasteiger partial charge is 0.507 e. The average molecular weight is 547 g/mol. The van der Waals surface area contributed by atoms with Gasteiger partial charge >= 0.3 is 0 Å². The Bertz CT molecular complexity index is 1150. The third kappa shape index (κ3) is 5.29. The highest BCUT2D eigenvalue weighted by Crippen LogP contribution is 2.35. The zero-order chi connectivity index (χ0) is 22.7. The van der Waals surface area contributed by atoms with Gasteiger partial charge in [-0.05, 0) is 25.1 Å². The van der Waals surface area contributed by atoms with E-state index >= 15 is 0 Å². The Balaban J connectivity index is 1.75. The Morgan fingerprint density at radius 1 is 1.29 bits per heavy atom. The number of rotatable bonds is 7. The fourth-order valence-corrected chi connectivity index (χ4v) is 4.39. The van der Waals surface area contributed by atoms with Gasteiger partial charge in [0.2, 0.25) is 5.91 Å². The number of hydrogen-bond acceptors (Lipinski definition) is 7. The topological polar surface area (TPSA) is 123 Å². The van der Waals surface area contributed by atoms with Crippen molar-refractivity contribution in [1.82, 2.24) is 14.8 Å². The van der Waals surface area contributed by atoms with Crippen LogP contribution in [0.25, 0.3) is 11.4 Å². The first-order valence-electron chi connectivity index (χ1n) is 8.69. The number of aromatic nitrogens is 3. The second-order valence-electron chi connectivity index (χ2n) is 6.09. The van der Waals surface area contributed by atoms with Gasteiger partial charge in [0.1, 0.15) is 5.75 Å². The van der Waals surface area contributed by atoms with Gasteiger partial charge in [-0.15, -0.1) is 10.2 Å². The number of phenols is 1. The van der Waals surface area contributed by atoms with Crippen molar-refractivity contribution in [1.29, 1.82) is 0 Å². The maximum Gasteiger partial charge on any atom is 0.272 e. The first-order chi connectivity index (χ1) is 14.7. The highest BCUT2D eigenvalue weighted by Gasteiger charge is 2.19. The summed E-state index contributed by atoms with van der Waals surface area (Å²) in [5.74, 6) is 0.0552. The summed E-state index contributed by atoms with van der Waals surface area (Å²) in [6.45, 7) is 2.40. The van der Waals surface area contributed by atoms with Crippen molar-refractivity contribution in [2.45, 2.75) is 18.6 Å². The molecule has 2 aromatic carbocycles. The number of amides is 1. The van der Waals surface area contributed by atoms with Crippen LogP contribution in [0.5, 0.6) is 5.75 Å². The van der Waals surface area contributed by atoms with Crippen molar-refractivity contribution in [3.8, 4) is 17.1 Å². The van der Waals surface area contributed by atoms with E-state index in [9.17, 15) is 20.0 Å². The summed E-state index contributed by atoms with van der Waals surface area (Å²) in [6, 6.07) is 7.21. The molecule has 0 saturated carbocycles. The number of carbonyl (C=O) groups excluding carboxylic acids is 1. The number of hydrogen-bond donors (Lipinski definition) is 2. The van der Waals surface area contributed by atoms with Crippen molar-refractivity contribution < 1.29 is 14.8 Å². The van der Waals surface area contributed by atoms with Crippen LogP contribution in [0.15, 0.2) is 40.0 Å². The number of phenolic OH excluding ortho intramolecular Hbond substituents is 1. The summed E-state index contributed by atoms with van der Waals surface area (Å²) in [7, 11) is 0. The quantitative estimate of drug-likeness (QED) is 0.231. The monoisotopic (exact) mass is 545 g/mol. The Kier molecular flexibility index (Phi) is 7.42. The third-order valence-electron chi connectivity index (χ3n) is 4.07. The van der Waals surface area contributed by atoms with Crippen molar-refractivity contribution in [3.63, 3.8) is 0 Å². The number of carbonyl (C=O) groups is 1. The van der Waals surface area contributed by atoms with Crippen LogP contribution in [-0.2, 0) is 11.3 Å². The van der Waals surface area contributed by atoms with E-state index in [2.05, 4.69) is 31.4 Å². The van der Waals surface area contributed by atoms with E-state index in [0.29, 0.717) is 23.1 Å². The van der Waals surface area contributed by atoms with Crippen LogP contribution in [0.1, 0.15) is 6.92 Å². The second-order valence-corrected chi connectivity index (χ2v) is 8.76. The molecule has 2 N–H and O–H groups in total. The molecular weight excluding hydrogens is 533 g/mol. The molecule has 31 heavy (non-hydrogen) atoms. The summed E-state index contributed by atoms with van der Waals surface area (Å²) in [5, 5.41) is 32.3. The van der Waals surface area contributed by atoms with Crippen LogP contribution in [0.4, 0.5) is 11.4 Å². The minimum absolute atomic E-state index is 0.0355. The van der Waals surface area contributed by atoms with E-state index in [-0.39, 0.29) is 32.9 Å². The number of nitro benzene ring substituents is 1. The number of nitrogens with one attached hydrogen (secondary N) is 1. The molecule has 1 amide bonds. The van der Waals surface area contributed by atoms with E-state index < -0.39 is 10.8 Å². The van der Waals surface area contributed by atoms with Crippen molar-refractivity contribution in [3.05, 3.63) is 55.0 Å². The molecule has 3 aromatic rings. The second kappa shape index (κ2) is 9.86. The smallest absolute Gasteiger partial charge is 0.272 e. The Labute approximate surface area is 199 Å². The molecule has 0 spiro atoms. The maximum atomic E-state index is 12.4. The van der Waals surface area contributed by atoms with Crippen molar-refractivity contribution >= 4 is 68.2 Å². The van der Waals surface area contributed by atoms with Crippen molar-refractivity contribution in [2.24, 2.45) is 0 Å². The molecule has 13 heteroatoms. The van der Waals surface area contributed by atoms with Crippen LogP contribution in [0, 0.1) is 10.1 Å². The normalized spacial score (nSPS) is 10.8. The average Bonchev–Trinajstić information content (AvgIpc) is 3.13. The number of aromatic hydroxyl groups is 1. The Hall–Kier alpha value is -2.34. The lowest BCUT2D eigenvalue weighted by Gasteiger charge is -2.10. The minimum atomic E-state index is -0.628. The van der Waals surface area contributed by atoms with E-state index in [1.165, 1.54) is 0 Å². The molecule has 0 fully saturated rings. The Morgan fingerprint density at radius 2 is 1.97 bits per heavy atom. The van der Waals surface area contributed by atoms with Gasteiger partial charge in [0.25, 0.3) is 5.69 Å². The zero-order valence-corrected chi connectivity index (χ0v) is 19.7. The van der Waals surface area contributed by atoms with E-state index in [0.717, 1.165) is 28.4 Å². The molecule has 0 aliphatic carbocycles. The van der Waals surface area contributed by atoms with E-state index in [4.69, 9.17) is 23.2 Å². The van der Waals surface area contributed by atoms with Gasteiger partial charge in [-0.3, -0.25) is 14.9 Å². The maximum absolute atomic E-state index is 12.4. The lowest BCUT2D eigenvalue weighted by atomic mass is 10.2. The number of nitrogens with zero attached hydrogens (tertiary/aromatic N) is 4. The SMILES string of the molecule is CCn1c(SCC(=O)Nc2c(Cl)cc([N+](=O)[O-])cc2Cl)nnc1-c1cc(Br)ccc1O. The molecule has 162 valence electrons. The molecule has 1 aromatic heterocycles. The zero-order valence-electron chi connectivity index (χ0n) is 15.8. The molecule has 0 atom stereocenters. The minimum Gasteiger partial charge on any atom is -0.507 e. The highest BCUT2D eigenvalue weighted by molar-refractivity contribution is 9.10. The number of halogens is 3. The predicted molar refractivity (Wildman–Crippen MR) is 123 cm³/mol. The van der Waals surface area contributed by atoms with Gasteiger partial charge in [-0.1, -0.05) is 50.9 Å². The number of benzene rings is 2. The van der Waals surface area contributed by atoms with Gasteiger partial charge < -0.3 is 15.0 Å². The lowest BCUT2D eigenvalue weighted by Crippen LogP contribution is -2.15. The highest BCUT2D eigenvalue weighted by atomic mass is 79.9. The molecule has 0 aliphatic rings. The van der Waals surface area contributed by atoms with E-state index in [1.807, 2.05) is 6.92 Å². The molecule has 0 saturated heterocycles. The lowest BCUT2D eigenvalue weighted by molar-refractivity contribution is -0.384. The molecular formula is C18H14BrCl2N5O4S. The molecule has 0 radical (unpaired) electrons. The van der Waals surface area contributed by atoms with E-state index in [1.54, 1.807) is 22.8 Å².